The van der Waals surface area contributed by atoms with E-state index in [0.29, 0.717) is 0 Å². The quantitative estimate of drug-likeness (QED) is 0.544. The smallest absolute Gasteiger partial charge is 0.372 e. The summed E-state index contributed by atoms with van der Waals surface area (Å²) in [4.78, 5) is 22.4. The molecule has 126 valence electrons. The zero-order chi connectivity index (χ0) is 17.4. The first-order chi connectivity index (χ1) is 11.6. The number of rotatable bonds is 7. The highest BCUT2D eigenvalue weighted by Gasteiger charge is 2.10. The maximum Gasteiger partial charge on any atom is 0.372 e. The molecule has 0 amide bonds. The molecule has 0 bridgehead atoms. The number of nitrogens with zero attached hydrogens (tertiary/aromatic N) is 2. The number of hydrogen-bond donors (Lipinski definition) is 0. The van der Waals surface area contributed by atoms with Crippen molar-refractivity contribution in [2.24, 2.45) is 0 Å². The fraction of sp³-hybridized carbons (Fsp3) is 0.333. The molecule has 2 rings (SSSR count). The number of carbonyl (C=O) groups excluding carboxylic acids is 2. The summed E-state index contributed by atoms with van der Waals surface area (Å²) in [6.07, 6.45) is 9.31. The lowest BCUT2D eigenvalue weighted by Crippen LogP contribution is -2.37. The minimum absolute atomic E-state index is 0.218. The molecule has 0 spiro atoms. The molecule has 0 atom stereocenters. The van der Waals surface area contributed by atoms with Gasteiger partial charge in [0.2, 0.25) is 13.1 Å². The minimum Gasteiger partial charge on any atom is -0.464 e. The van der Waals surface area contributed by atoms with Crippen molar-refractivity contribution in [1.82, 2.24) is 0 Å². The van der Waals surface area contributed by atoms with Crippen LogP contribution in [0.15, 0.2) is 49.1 Å². The van der Waals surface area contributed by atoms with Gasteiger partial charge in [-0.2, -0.15) is 9.13 Å². The van der Waals surface area contributed by atoms with Crippen LogP contribution in [0.2, 0.25) is 0 Å². The lowest BCUT2D eigenvalue weighted by molar-refractivity contribution is -0.686. The molecule has 0 aliphatic rings. The number of hydrogen-bond acceptors (Lipinski definition) is 4. The first kappa shape index (κ1) is 17.6. The zero-order valence-electron chi connectivity index (χ0n) is 14.0. The van der Waals surface area contributed by atoms with Gasteiger partial charge < -0.3 is 9.47 Å². The molecule has 0 radical (unpaired) electrons. The summed E-state index contributed by atoms with van der Waals surface area (Å²) in [5, 5.41) is 0. The van der Waals surface area contributed by atoms with Gasteiger partial charge in [0, 0.05) is 24.3 Å². The number of ether oxygens (including phenoxy) is 2. The van der Waals surface area contributed by atoms with Crippen molar-refractivity contribution < 1.29 is 28.2 Å². The highest BCUT2D eigenvalue weighted by atomic mass is 16.5. The topological polar surface area (TPSA) is 60.4 Å². The standard InChI is InChI=1S/C18H22N2O4/c1-23-17(21)13-19-9-5-15(6-10-19)3-4-16-7-11-20(12-8-16)14-18(22)24-2/h5-12H,3-4,13-14H2,1-2H3/q+2. The summed E-state index contributed by atoms with van der Waals surface area (Å²) in [5.41, 5.74) is 2.39. The Labute approximate surface area is 141 Å². The molecular formula is C18H22N2O4+2. The highest BCUT2D eigenvalue weighted by Crippen LogP contribution is 2.04. The van der Waals surface area contributed by atoms with Gasteiger partial charge in [-0.05, 0) is 24.0 Å². The second-order valence-electron chi connectivity index (χ2n) is 5.41. The van der Waals surface area contributed by atoms with E-state index in [1.54, 1.807) is 9.13 Å². The zero-order valence-corrected chi connectivity index (χ0v) is 14.0. The van der Waals surface area contributed by atoms with Crippen LogP contribution in [0.5, 0.6) is 0 Å². The highest BCUT2D eigenvalue weighted by molar-refractivity contribution is 5.67. The summed E-state index contributed by atoms with van der Waals surface area (Å²) in [5.74, 6) is -0.533. The van der Waals surface area contributed by atoms with Crippen LogP contribution in [0.4, 0.5) is 0 Å². The van der Waals surface area contributed by atoms with E-state index < -0.39 is 0 Å². The van der Waals surface area contributed by atoms with Gasteiger partial charge in [0.05, 0.1) is 14.2 Å². The number of methoxy groups -OCH3 is 2. The van der Waals surface area contributed by atoms with E-state index in [1.807, 2.05) is 49.1 Å². The fourth-order valence-electron chi connectivity index (χ4n) is 2.24. The van der Waals surface area contributed by atoms with Gasteiger partial charge in [0.1, 0.15) is 0 Å². The first-order valence-corrected chi connectivity index (χ1v) is 7.70. The second kappa shape index (κ2) is 8.76. The third-order valence-corrected chi connectivity index (χ3v) is 3.70. The normalized spacial score (nSPS) is 10.2. The number of aryl methyl sites for hydroxylation is 2. The Morgan fingerprint density at radius 2 is 1.08 bits per heavy atom. The monoisotopic (exact) mass is 330 g/mol. The first-order valence-electron chi connectivity index (χ1n) is 7.70. The van der Waals surface area contributed by atoms with Gasteiger partial charge in [0.25, 0.3) is 0 Å². The van der Waals surface area contributed by atoms with E-state index in [2.05, 4.69) is 9.47 Å². The molecule has 0 aromatic carbocycles. The molecule has 6 nitrogen and oxygen atoms in total. The van der Waals surface area contributed by atoms with E-state index in [9.17, 15) is 9.59 Å². The predicted molar refractivity (Wildman–Crippen MR) is 84.7 cm³/mol. The molecule has 0 saturated carbocycles. The maximum absolute atomic E-state index is 11.2. The molecule has 0 saturated heterocycles. The predicted octanol–water partition coefficient (Wildman–Crippen LogP) is 0.393. The van der Waals surface area contributed by atoms with Gasteiger partial charge in [-0.15, -0.1) is 0 Å². The van der Waals surface area contributed by atoms with Gasteiger partial charge in [-0.25, -0.2) is 9.59 Å². The maximum atomic E-state index is 11.2. The number of aromatic nitrogens is 2. The van der Waals surface area contributed by atoms with Crippen molar-refractivity contribution >= 4 is 11.9 Å². The number of esters is 2. The summed E-state index contributed by atoms with van der Waals surface area (Å²) < 4.78 is 12.9. The Kier molecular flexibility index (Phi) is 6.42. The molecule has 0 N–H and O–H groups in total. The van der Waals surface area contributed by atoms with Gasteiger partial charge >= 0.3 is 11.9 Å². The van der Waals surface area contributed by atoms with E-state index in [1.165, 1.54) is 25.3 Å². The van der Waals surface area contributed by atoms with Crippen LogP contribution in [0, 0.1) is 0 Å². The molecular weight excluding hydrogens is 308 g/mol. The summed E-state index contributed by atoms with van der Waals surface area (Å²) in [6.45, 7) is 0.436. The molecule has 2 aromatic rings. The Bertz CT molecular complexity index is 620. The molecule has 0 unspecified atom stereocenters. The number of pyridine rings is 2. The Morgan fingerprint density at radius 3 is 1.38 bits per heavy atom. The second-order valence-corrected chi connectivity index (χ2v) is 5.41. The molecule has 0 aliphatic carbocycles. The lowest BCUT2D eigenvalue weighted by atomic mass is 10.1. The average molecular weight is 330 g/mol. The van der Waals surface area contributed by atoms with E-state index in [4.69, 9.17) is 0 Å². The molecule has 0 fully saturated rings. The fourth-order valence-corrected chi connectivity index (χ4v) is 2.24. The molecule has 24 heavy (non-hydrogen) atoms. The molecule has 0 aliphatic heterocycles. The Hall–Kier alpha value is -2.76. The van der Waals surface area contributed by atoms with Crippen molar-refractivity contribution in [3.63, 3.8) is 0 Å². The SMILES string of the molecule is COC(=O)C[n+]1ccc(CCc2cc[n+](CC(=O)OC)cc2)cc1. The third kappa shape index (κ3) is 5.46. The average Bonchev–Trinajstić information content (AvgIpc) is 2.62. The molecule has 6 heteroatoms. The summed E-state index contributed by atoms with van der Waals surface area (Å²) >= 11 is 0. The van der Waals surface area contributed by atoms with Crippen molar-refractivity contribution in [3.8, 4) is 0 Å². The van der Waals surface area contributed by atoms with Gasteiger partial charge in [0.15, 0.2) is 24.8 Å². The van der Waals surface area contributed by atoms with Crippen LogP contribution in [-0.2, 0) is 45.0 Å². The Morgan fingerprint density at radius 1 is 0.750 bits per heavy atom. The lowest BCUT2D eigenvalue weighted by Gasteiger charge is -2.02. The third-order valence-electron chi connectivity index (χ3n) is 3.70. The Balaban J connectivity index is 1.86. The minimum atomic E-state index is -0.266. The van der Waals surface area contributed by atoms with Crippen LogP contribution >= 0.6 is 0 Å². The van der Waals surface area contributed by atoms with E-state index in [0.717, 1.165) is 12.8 Å². The van der Waals surface area contributed by atoms with E-state index >= 15 is 0 Å². The van der Waals surface area contributed by atoms with Gasteiger partial charge in [-0.1, -0.05) is 0 Å². The van der Waals surface area contributed by atoms with Crippen LogP contribution < -0.4 is 9.13 Å². The molecule has 2 aromatic heterocycles. The van der Waals surface area contributed by atoms with Crippen molar-refractivity contribution in [1.29, 1.82) is 0 Å². The van der Waals surface area contributed by atoms with Crippen LogP contribution in [0.3, 0.4) is 0 Å². The van der Waals surface area contributed by atoms with Crippen molar-refractivity contribution in [3.05, 3.63) is 60.2 Å². The van der Waals surface area contributed by atoms with Crippen molar-refractivity contribution in [2.75, 3.05) is 14.2 Å². The molecule has 2 heterocycles. The van der Waals surface area contributed by atoms with Crippen LogP contribution in [0.1, 0.15) is 11.1 Å². The van der Waals surface area contributed by atoms with Crippen LogP contribution in [-0.4, -0.2) is 26.2 Å². The van der Waals surface area contributed by atoms with E-state index in [-0.39, 0.29) is 25.0 Å². The summed E-state index contributed by atoms with van der Waals surface area (Å²) in [6, 6.07) is 8.01. The van der Waals surface area contributed by atoms with Crippen molar-refractivity contribution in [2.45, 2.75) is 25.9 Å². The number of carbonyl (C=O) groups is 2. The summed E-state index contributed by atoms with van der Waals surface area (Å²) in [7, 11) is 2.76. The van der Waals surface area contributed by atoms with Gasteiger partial charge in [-0.3, -0.25) is 0 Å². The largest absolute Gasteiger partial charge is 0.464 e. The van der Waals surface area contributed by atoms with Crippen LogP contribution in [0.25, 0.3) is 0 Å².